The van der Waals surface area contributed by atoms with E-state index in [-0.39, 0.29) is 5.41 Å². The van der Waals surface area contributed by atoms with Crippen molar-refractivity contribution in [3.8, 4) is 5.75 Å². The van der Waals surface area contributed by atoms with E-state index in [0.717, 1.165) is 5.75 Å². The van der Waals surface area contributed by atoms with E-state index < -0.39 is 0 Å². The maximum absolute atomic E-state index is 6.25. The highest BCUT2D eigenvalue weighted by molar-refractivity contribution is 6.18. The Bertz CT molecular complexity index is 342. The number of alkyl halides is 1. The summed E-state index contributed by atoms with van der Waals surface area (Å²) >= 11 is 6.25. The predicted molar refractivity (Wildman–Crippen MR) is 68.5 cm³/mol. The van der Waals surface area contributed by atoms with Crippen LogP contribution in [0.4, 0.5) is 0 Å². The molecule has 88 valence electrons. The van der Waals surface area contributed by atoms with E-state index in [1.54, 1.807) is 7.11 Å². The minimum Gasteiger partial charge on any atom is -0.496 e. The number of rotatable bonds is 3. The minimum absolute atomic E-state index is 0.145. The van der Waals surface area contributed by atoms with Gasteiger partial charge in [-0.05, 0) is 18.9 Å². The maximum atomic E-state index is 6.25. The summed E-state index contributed by atoms with van der Waals surface area (Å²) in [5, 5.41) is 0. The first-order valence-corrected chi connectivity index (χ1v) is 6.55. The third kappa shape index (κ3) is 2.06. The lowest BCUT2D eigenvalue weighted by Crippen LogP contribution is -2.31. The smallest absolute Gasteiger partial charge is 0.122 e. The zero-order chi connectivity index (χ0) is 11.4. The molecule has 16 heavy (non-hydrogen) atoms. The number of halogens is 1. The fourth-order valence-corrected chi connectivity index (χ4v) is 3.20. The van der Waals surface area contributed by atoms with Gasteiger partial charge in [-0.1, -0.05) is 37.5 Å². The van der Waals surface area contributed by atoms with Gasteiger partial charge in [-0.15, -0.1) is 11.6 Å². The van der Waals surface area contributed by atoms with Crippen molar-refractivity contribution in [2.45, 2.75) is 37.5 Å². The SMILES string of the molecule is COc1ccccc1C1(CCl)CCCCC1. The number of benzene rings is 1. The molecule has 0 radical (unpaired) electrons. The quantitative estimate of drug-likeness (QED) is 0.720. The van der Waals surface area contributed by atoms with Crippen LogP contribution in [0.5, 0.6) is 5.75 Å². The highest BCUT2D eigenvalue weighted by Gasteiger charge is 2.35. The largest absolute Gasteiger partial charge is 0.496 e. The van der Waals surface area contributed by atoms with Crippen LogP contribution in [0.25, 0.3) is 0 Å². The number of hydrogen-bond acceptors (Lipinski definition) is 1. The molecule has 0 amide bonds. The molecule has 2 rings (SSSR count). The van der Waals surface area contributed by atoms with Gasteiger partial charge in [0.25, 0.3) is 0 Å². The molecule has 0 atom stereocenters. The molecule has 1 aromatic carbocycles. The topological polar surface area (TPSA) is 9.23 Å². The second-order valence-electron chi connectivity index (χ2n) is 4.67. The van der Waals surface area contributed by atoms with Crippen molar-refractivity contribution >= 4 is 11.6 Å². The van der Waals surface area contributed by atoms with Gasteiger partial charge in [-0.2, -0.15) is 0 Å². The van der Waals surface area contributed by atoms with Gasteiger partial charge in [0.1, 0.15) is 5.75 Å². The van der Waals surface area contributed by atoms with Crippen molar-refractivity contribution in [3.63, 3.8) is 0 Å². The zero-order valence-electron chi connectivity index (χ0n) is 9.84. The first kappa shape index (κ1) is 11.8. The average Bonchev–Trinajstić information content (AvgIpc) is 2.39. The van der Waals surface area contributed by atoms with E-state index in [9.17, 15) is 0 Å². The van der Waals surface area contributed by atoms with Crippen molar-refractivity contribution in [1.29, 1.82) is 0 Å². The Balaban J connectivity index is 2.38. The van der Waals surface area contributed by atoms with E-state index >= 15 is 0 Å². The minimum atomic E-state index is 0.145. The summed E-state index contributed by atoms with van der Waals surface area (Å²) < 4.78 is 5.47. The van der Waals surface area contributed by atoms with Gasteiger partial charge < -0.3 is 4.74 Å². The van der Waals surface area contributed by atoms with E-state index in [4.69, 9.17) is 16.3 Å². The van der Waals surface area contributed by atoms with Crippen LogP contribution in [0.1, 0.15) is 37.7 Å². The molecule has 1 aliphatic carbocycles. The molecule has 0 unspecified atom stereocenters. The van der Waals surface area contributed by atoms with Crippen LogP contribution in [-0.2, 0) is 5.41 Å². The lowest BCUT2D eigenvalue weighted by atomic mass is 9.70. The fourth-order valence-electron chi connectivity index (χ4n) is 2.79. The molecule has 0 N–H and O–H groups in total. The van der Waals surface area contributed by atoms with E-state index in [1.807, 2.05) is 12.1 Å². The zero-order valence-corrected chi connectivity index (χ0v) is 10.6. The Morgan fingerprint density at radius 1 is 1.19 bits per heavy atom. The van der Waals surface area contributed by atoms with Crippen LogP contribution in [0.3, 0.4) is 0 Å². The molecule has 2 heteroatoms. The van der Waals surface area contributed by atoms with E-state index in [0.29, 0.717) is 5.88 Å². The van der Waals surface area contributed by atoms with Gasteiger partial charge in [0.05, 0.1) is 7.11 Å². The van der Waals surface area contributed by atoms with Crippen LogP contribution in [0, 0.1) is 0 Å². The lowest BCUT2D eigenvalue weighted by molar-refractivity contribution is 0.308. The normalized spacial score (nSPS) is 19.4. The van der Waals surface area contributed by atoms with Crippen molar-refractivity contribution in [3.05, 3.63) is 29.8 Å². The molecule has 0 saturated heterocycles. The Labute approximate surface area is 103 Å². The summed E-state index contributed by atoms with van der Waals surface area (Å²) in [5.74, 6) is 1.69. The first-order valence-electron chi connectivity index (χ1n) is 6.02. The Morgan fingerprint density at radius 3 is 2.50 bits per heavy atom. The number of hydrogen-bond donors (Lipinski definition) is 0. The van der Waals surface area contributed by atoms with Crippen molar-refractivity contribution in [2.24, 2.45) is 0 Å². The Morgan fingerprint density at radius 2 is 1.88 bits per heavy atom. The number of methoxy groups -OCH3 is 1. The third-order valence-electron chi connectivity index (χ3n) is 3.74. The summed E-state index contributed by atoms with van der Waals surface area (Å²) in [6.07, 6.45) is 6.29. The maximum Gasteiger partial charge on any atom is 0.122 e. The summed E-state index contributed by atoms with van der Waals surface area (Å²) in [6.45, 7) is 0. The molecule has 0 aromatic heterocycles. The lowest BCUT2D eigenvalue weighted by Gasteiger charge is -2.36. The second kappa shape index (κ2) is 5.09. The fraction of sp³-hybridized carbons (Fsp3) is 0.571. The van der Waals surface area contributed by atoms with Crippen molar-refractivity contribution < 1.29 is 4.74 Å². The Hall–Kier alpha value is -0.690. The average molecular weight is 239 g/mol. The molecule has 1 saturated carbocycles. The molecule has 0 heterocycles. The van der Waals surface area contributed by atoms with Crippen molar-refractivity contribution in [1.82, 2.24) is 0 Å². The molecule has 0 bridgehead atoms. The molecule has 1 fully saturated rings. The monoisotopic (exact) mass is 238 g/mol. The molecular weight excluding hydrogens is 220 g/mol. The van der Waals surface area contributed by atoms with Crippen LogP contribution >= 0.6 is 11.6 Å². The van der Waals surface area contributed by atoms with Crippen LogP contribution in [0.2, 0.25) is 0 Å². The molecular formula is C14H19ClO. The van der Waals surface area contributed by atoms with Crippen molar-refractivity contribution in [2.75, 3.05) is 13.0 Å². The molecule has 0 aliphatic heterocycles. The van der Waals surface area contributed by atoms with Crippen LogP contribution in [0.15, 0.2) is 24.3 Å². The van der Waals surface area contributed by atoms with Gasteiger partial charge in [0.2, 0.25) is 0 Å². The summed E-state index contributed by atoms with van der Waals surface area (Å²) in [5.41, 5.74) is 1.44. The highest BCUT2D eigenvalue weighted by Crippen LogP contribution is 2.43. The van der Waals surface area contributed by atoms with E-state index in [1.165, 1.54) is 37.7 Å². The van der Waals surface area contributed by atoms with E-state index in [2.05, 4.69) is 12.1 Å². The van der Waals surface area contributed by atoms with Crippen LogP contribution in [-0.4, -0.2) is 13.0 Å². The number of para-hydroxylation sites is 1. The highest BCUT2D eigenvalue weighted by atomic mass is 35.5. The van der Waals surface area contributed by atoms with Gasteiger partial charge in [0, 0.05) is 16.9 Å². The summed E-state index contributed by atoms with van der Waals surface area (Å²) in [4.78, 5) is 0. The Kier molecular flexibility index (Phi) is 3.75. The third-order valence-corrected chi connectivity index (χ3v) is 4.26. The predicted octanol–water partition coefficient (Wildman–Crippen LogP) is 4.14. The van der Waals surface area contributed by atoms with Gasteiger partial charge >= 0.3 is 0 Å². The van der Waals surface area contributed by atoms with Crippen LogP contribution < -0.4 is 4.74 Å². The molecule has 1 aromatic rings. The molecule has 1 aliphatic rings. The van der Waals surface area contributed by atoms with Gasteiger partial charge in [-0.25, -0.2) is 0 Å². The van der Waals surface area contributed by atoms with Gasteiger partial charge in [0.15, 0.2) is 0 Å². The summed E-state index contributed by atoms with van der Waals surface area (Å²) in [6, 6.07) is 8.32. The molecule has 1 nitrogen and oxygen atoms in total. The number of ether oxygens (including phenoxy) is 1. The first-order chi connectivity index (χ1) is 7.82. The standard InChI is InChI=1S/C14H19ClO/c1-16-13-8-4-3-7-12(13)14(11-15)9-5-2-6-10-14/h3-4,7-8H,2,5-6,9-11H2,1H3. The second-order valence-corrected chi connectivity index (χ2v) is 4.94. The summed E-state index contributed by atoms with van der Waals surface area (Å²) in [7, 11) is 1.74. The van der Waals surface area contributed by atoms with Gasteiger partial charge in [-0.3, -0.25) is 0 Å². The molecule has 0 spiro atoms.